The molecular weight excluding hydrogens is 1680 g/mol. The van der Waals surface area contributed by atoms with Crippen molar-refractivity contribution in [3.63, 3.8) is 0 Å². The predicted molar refractivity (Wildman–Crippen MR) is 506 cm³/mol. The fraction of sp³-hybridized carbons (Fsp3) is 0.583. The van der Waals surface area contributed by atoms with Gasteiger partial charge < -0.3 is 97.9 Å². The van der Waals surface area contributed by atoms with Crippen LogP contribution in [0.1, 0.15) is 205 Å². The molecule has 3 aliphatic heterocycles. The van der Waals surface area contributed by atoms with Crippen LogP contribution >= 0.6 is 0 Å². The number of rotatable bonds is 51. The molecule has 0 radical (unpaired) electrons. The van der Waals surface area contributed by atoms with Crippen LogP contribution in [0.5, 0.6) is 0 Å². The molecule has 4 aromatic carbocycles. The molecule has 0 aromatic heterocycles. The highest BCUT2D eigenvalue weighted by Gasteiger charge is 2.40. The molecule has 3 saturated heterocycles. The van der Waals surface area contributed by atoms with E-state index >= 15 is 0 Å². The summed E-state index contributed by atoms with van der Waals surface area (Å²) in [6, 6.07) is 32.4. The van der Waals surface area contributed by atoms with Crippen LogP contribution in [0.4, 0.5) is 4.79 Å². The van der Waals surface area contributed by atoms with Gasteiger partial charge in [-0.15, -0.1) is 26.3 Å². The van der Waals surface area contributed by atoms with Gasteiger partial charge in [-0.25, -0.2) is 4.79 Å². The summed E-state index contributed by atoms with van der Waals surface area (Å²) >= 11 is 0. The minimum absolute atomic E-state index is 0. The Morgan fingerprint density at radius 1 is 0.435 bits per heavy atom. The van der Waals surface area contributed by atoms with Crippen LogP contribution in [0.15, 0.2) is 160 Å². The molecule has 3 fully saturated rings. The number of aliphatic hydroxyl groups excluding tert-OH is 1. The molecule has 13 atom stereocenters. The number of aliphatic hydroxyl groups is 1. The molecule has 4 aromatic rings. The van der Waals surface area contributed by atoms with E-state index in [1.807, 2.05) is 81.4 Å². The number of ether oxygens (including phenoxy) is 13. The Balaban J connectivity index is 0.000000851. The third-order valence-corrected chi connectivity index (χ3v) is 20.4. The largest absolute Gasteiger partial charge is 0.550 e. The van der Waals surface area contributed by atoms with Crippen molar-refractivity contribution in [2.24, 2.45) is 41.4 Å². The number of alkyl carbamates (subject to hydrolysis) is 1. The van der Waals surface area contributed by atoms with Gasteiger partial charge in [0.05, 0.1) is 151 Å². The van der Waals surface area contributed by atoms with Crippen LogP contribution < -0.4 is 21.5 Å². The van der Waals surface area contributed by atoms with Crippen molar-refractivity contribution < 1.29 is 126 Å². The number of carbonyl (C=O) groups is 8. The van der Waals surface area contributed by atoms with Crippen LogP contribution in [0.2, 0.25) is 0 Å². The lowest BCUT2D eigenvalue weighted by molar-refractivity contribution is -0.374. The van der Waals surface area contributed by atoms with Crippen molar-refractivity contribution in [2.45, 2.75) is 228 Å². The number of hydrogen-bond acceptors (Lipinski definition) is 23. The molecule has 0 bridgehead atoms. The molecule has 3 aliphatic rings. The van der Waals surface area contributed by atoms with Crippen LogP contribution in [-0.2, 0) is 121 Å². The number of carboxylic acid groups (broad SMARTS) is 3. The predicted octanol–water partition coefficient (Wildman–Crippen LogP) is 13.9. The number of aliphatic carboxylic acids is 3. The monoisotopic (exact) mass is 1840 g/mol. The van der Waals surface area contributed by atoms with Crippen molar-refractivity contribution in [1.82, 2.24) is 10.6 Å². The third kappa shape index (κ3) is 52.0. The lowest BCUT2D eigenvalue weighted by Crippen LogP contribution is -2.52. The lowest BCUT2D eigenvalue weighted by atomic mass is 9.96. The number of benzene rings is 4. The molecule has 28 heteroatoms. The first-order chi connectivity index (χ1) is 61.8. The first-order valence-electron chi connectivity index (χ1n) is 45.6. The van der Waals surface area contributed by atoms with E-state index in [0.29, 0.717) is 109 Å². The number of carbonyl (C=O) groups excluding carboxylic acids is 6. The van der Waals surface area contributed by atoms with E-state index < -0.39 is 78.3 Å². The molecule has 734 valence electrons. The van der Waals surface area contributed by atoms with Gasteiger partial charge in [-0.2, -0.15) is 0 Å². The van der Waals surface area contributed by atoms with E-state index in [-0.39, 0.29) is 100 Å². The van der Waals surface area contributed by atoms with E-state index in [1.54, 1.807) is 52.0 Å². The van der Waals surface area contributed by atoms with Gasteiger partial charge in [0.15, 0.2) is 0 Å². The number of carboxylic acids is 3. The Bertz CT molecular complexity index is 3810. The maximum Gasteiger partial charge on any atom is 0.409 e. The molecule has 8 N–H and O–H groups in total. The van der Waals surface area contributed by atoms with Crippen LogP contribution in [0.3, 0.4) is 0 Å². The molecule has 0 aliphatic carbocycles. The maximum absolute atomic E-state index is 12.9. The first kappa shape index (κ1) is 120. The zero-order valence-electron chi connectivity index (χ0n) is 81.3. The molecule has 0 spiro atoms. The zero-order chi connectivity index (χ0) is 97.1. The van der Waals surface area contributed by atoms with Gasteiger partial charge in [0, 0.05) is 32.5 Å². The third-order valence-electron chi connectivity index (χ3n) is 20.4. The number of nitrogens with one attached hydrogen (secondary N) is 2. The molecule has 0 saturated carbocycles. The second-order valence-corrected chi connectivity index (χ2v) is 34.7. The summed E-state index contributed by atoms with van der Waals surface area (Å²) in [6.07, 6.45) is 13.3. The molecule has 28 nitrogen and oxygen atoms in total. The average Bonchev–Trinajstić information content (AvgIpc) is 1.70. The van der Waals surface area contributed by atoms with E-state index in [0.717, 1.165) is 67.5 Å². The molecule has 13 unspecified atom stereocenters. The average molecular weight is 1840 g/mol. The Morgan fingerprint density at radius 3 is 1.06 bits per heavy atom. The summed E-state index contributed by atoms with van der Waals surface area (Å²) in [5, 5.41) is 42.2. The normalized spacial score (nSPS) is 18.7. The highest BCUT2D eigenvalue weighted by molar-refractivity contribution is 5.81. The summed E-state index contributed by atoms with van der Waals surface area (Å²) in [4.78, 5) is 92.8. The number of hydrogen-bond donors (Lipinski definition) is 6. The van der Waals surface area contributed by atoms with Gasteiger partial charge in [-0.05, 0) is 168 Å². The summed E-state index contributed by atoms with van der Waals surface area (Å²) in [6.45, 7) is 53.6. The van der Waals surface area contributed by atoms with Crippen molar-refractivity contribution >= 4 is 47.8 Å². The molecule has 2 amide bonds. The first-order valence-corrected chi connectivity index (χ1v) is 45.6. The van der Waals surface area contributed by atoms with Crippen molar-refractivity contribution in [3.8, 4) is 0 Å². The second-order valence-electron chi connectivity index (χ2n) is 34.7. The van der Waals surface area contributed by atoms with Crippen LogP contribution in [-0.4, -0.2) is 224 Å². The van der Waals surface area contributed by atoms with E-state index in [4.69, 9.17) is 76.9 Å². The molecular formula is C103H158N3O25+. The SMILES string of the molecule is C=CC1CC(C(=O)NCCOCCOCCOC(=O)C(C)c2ccc(CC(C)C)cc2)C(/C=C\C2CC(C(=O)[O-])C(C=C)O2)O1.C=CC1CC(C(=O)O)C(C=C)O1.CC(C)(C)OC(=O)NCO.CC(C)Cc1ccc(C(C)C(=O)O)cc1.CC(C)Cc1ccc(C(C)C(=O)OCCOCCOCC[NH3+])cc1.CCCOCCOCCOC(=O)C(C)c1ccc(CC(C)C)cc1.[CH3+]. The number of quaternary nitrogens is 1. The lowest BCUT2D eigenvalue weighted by Gasteiger charge is -2.18. The van der Waals surface area contributed by atoms with Crippen molar-refractivity contribution in [1.29, 1.82) is 0 Å². The van der Waals surface area contributed by atoms with Gasteiger partial charge in [0.1, 0.15) is 32.2 Å². The zero-order valence-corrected chi connectivity index (χ0v) is 81.3. The Labute approximate surface area is 780 Å². The Hall–Kier alpha value is -9.43. The topological polar surface area (TPSA) is 392 Å². The van der Waals surface area contributed by atoms with Crippen molar-refractivity contribution in [2.75, 3.05) is 119 Å². The van der Waals surface area contributed by atoms with Gasteiger partial charge in [-0.3, -0.25) is 34.1 Å². The minimum Gasteiger partial charge on any atom is -0.550 e. The van der Waals surface area contributed by atoms with Crippen LogP contribution in [0.25, 0.3) is 0 Å². The van der Waals surface area contributed by atoms with Gasteiger partial charge in [0.25, 0.3) is 0 Å². The van der Waals surface area contributed by atoms with Gasteiger partial charge >= 0.3 is 35.9 Å². The summed E-state index contributed by atoms with van der Waals surface area (Å²) in [7, 11) is 0. The van der Waals surface area contributed by atoms with Crippen LogP contribution in [0, 0.1) is 48.9 Å². The minimum atomic E-state index is -1.17. The highest BCUT2D eigenvalue weighted by atomic mass is 16.6. The van der Waals surface area contributed by atoms with E-state index in [2.05, 4.69) is 141 Å². The Kier molecular flexibility index (Phi) is 62.6. The maximum atomic E-state index is 12.9. The standard InChI is InChI=1S/C35H49NO9.C20H32O4.C19H31NO4.C13H18O2.C9H12O3.C6H13NO3.CH3/c1-6-27-21-29(32(44-27)13-12-28-22-30(34(38)39)31(7-2)45-28)33(37)36-14-15-41-16-17-42-18-19-43-35(40)24(5)26-10-8-25(9-11-26)20-23(3)4;1-5-10-22-11-12-23-13-14-24-20(21)17(4)19-8-6-18(7-9-19)15-16(2)3;1-15(2)14-17-4-6-18(7-5-17)16(3)19(21)24-13-12-23-11-10-22-9-8-20;1-9(2)8-11-4-6-12(7-5-11)10(3)13(14)15;1-3-6-5-7(9(10)11)8(4-2)12-6;1-6(2,3)10-5(9)7-4-8;/h6-13,23-24,27-32H,1-2,14-22H2,3-5H3,(H,36,37)(H,38,39);6-9,16-17H,5,10-15H2,1-4H3;4-7,15-16H,8-14,20H2,1-3H3;4-7,9-10H,8H2,1-3H3,(H,14,15);3-4,6-8H,1-2,5H2,(H,10,11);8H,4H2,1-3H3,(H,7,9);1H3/q;;;;;;+1/b13-12-;;;;;;. The number of esters is 3. The molecule has 131 heavy (non-hydrogen) atoms. The smallest absolute Gasteiger partial charge is 0.409 e. The fourth-order valence-electron chi connectivity index (χ4n) is 13.4. The summed E-state index contributed by atoms with van der Waals surface area (Å²) in [5.41, 5.74) is 12.1. The summed E-state index contributed by atoms with van der Waals surface area (Å²) in [5.74, 6) is -4.14. The number of amides is 2. The van der Waals surface area contributed by atoms with E-state index in [9.17, 15) is 43.5 Å². The Morgan fingerprint density at radius 2 is 0.756 bits per heavy atom. The second kappa shape index (κ2) is 68.6. The summed E-state index contributed by atoms with van der Waals surface area (Å²) < 4.78 is 70.0. The fourth-order valence-corrected chi connectivity index (χ4v) is 13.4. The van der Waals surface area contributed by atoms with Gasteiger partial charge in [-0.1, -0.05) is 196 Å². The molecule has 3 heterocycles. The van der Waals surface area contributed by atoms with Gasteiger partial charge in [0.2, 0.25) is 5.91 Å². The van der Waals surface area contributed by atoms with Crippen molar-refractivity contribution in [3.05, 3.63) is 212 Å². The quantitative estimate of drug-likeness (QED) is 0.00597. The van der Waals surface area contributed by atoms with E-state index in [1.165, 1.54) is 34.4 Å². The molecule has 7 rings (SSSR count). The highest BCUT2D eigenvalue weighted by Crippen LogP contribution is 2.33.